The molecule has 0 unspecified atom stereocenters. The molecule has 128 valence electrons. The molecule has 0 fully saturated rings. The second kappa shape index (κ2) is 11.6. The van der Waals surface area contributed by atoms with Gasteiger partial charge in [0.15, 0.2) is 0 Å². The summed E-state index contributed by atoms with van der Waals surface area (Å²) in [6.45, 7) is 4.50. The summed E-state index contributed by atoms with van der Waals surface area (Å²) in [5.74, 6) is -0.366. The Morgan fingerprint density at radius 3 is 2.52 bits per heavy atom. The number of hydrogen-bond acceptors (Lipinski definition) is 5. The Morgan fingerprint density at radius 2 is 1.87 bits per heavy atom. The summed E-state index contributed by atoms with van der Waals surface area (Å²) in [6, 6.07) is 10.4. The molecule has 0 aliphatic rings. The minimum absolute atomic E-state index is 0.366. The van der Waals surface area contributed by atoms with Gasteiger partial charge in [0.2, 0.25) is 0 Å². The Bertz CT molecular complexity index is 463. The van der Waals surface area contributed by atoms with Crippen molar-refractivity contribution in [1.82, 2.24) is 15.1 Å². The first-order chi connectivity index (χ1) is 11.1. The van der Waals surface area contributed by atoms with Crippen molar-refractivity contribution in [1.29, 1.82) is 0 Å². The highest BCUT2D eigenvalue weighted by atomic mass is 16.4. The van der Waals surface area contributed by atoms with Gasteiger partial charge in [-0.25, -0.2) is 0 Å². The van der Waals surface area contributed by atoms with Gasteiger partial charge >= 0.3 is 0 Å². The predicted molar refractivity (Wildman–Crippen MR) is 92.8 cm³/mol. The molecule has 0 aliphatic heterocycles. The number of amides is 1. The molecule has 0 heterocycles. The maximum absolute atomic E-state index is 11.2. The molecule has 23 heavy (non-hydrogen) atoms. The van der Waals surface area contributed by atoms with Crippen molar-refractivity contribution in [2.45, 2.75) is 19.4 Å². The number of rotatable bonds is 11. The van der Waals surface area contributed by atoms with E-state index in [1.54, 1.807) is 0 Å². The van der Waals surface area contributed by atoms with E-state index >= 15 is 0 Å². The van der Waals surface area contributed by atoms with Crippen LogP contribution in [0.3, 0.4) is 0 Å². The lowest BCUT2D eigenvalue weighted by Gasteiger charge is -2.23. The molecule has 1 rings (SSSR count). The van der Waals surface area contributed by atoms with Gasteiger partial charge < -0.3 is 15.4 Å². The molecule has 0 saturated heterocycles. The molecular weight excluding hydrogens is 292 g/mol. The molecule has 6 nitrogen and oxygen atoms in total. The van der Waals surface area contributed by atoms with Gasteiger partial charge in [-0.05, 0) is 45.6 Å². The Morgan fingerprint density at radius 1 is 1.17 bits per heavy atom. The van der Waals surface area contributed by atoms with Gasteiger partial charge in [0.05, 0.1) is 0 Å². The van der Waals surface area contributed by atoms with E-state index in [0.29, 0.717) is 6.54 Å². The van der Waals surface area contributed by atoms with Crippen molar-refractivity contribution in [3.05, 3.63) is 35.9 Å². The lowest BCUT2D eigenvalue weighted by Crippen LogP contribution is -2.31. The van der Waals surface area contributed by atoms with Crippen molar-refractivity contribution in [3.63, 3.8) is 0 Å². The van der Waals surface area contributed by atoms with Crippen LogP contribution in [0.2, 0.25) is 0 Å². The first-order valence-corrected chi connectivity index (χ1v) is 7.98. The van der Waals surface area contributed by atoms with Crippen molar-refractivity contribution >= 4 is 12.1 Å². The van der Waals surface area contributed by atoms with Crippen molar-refractivity contribution in [2.24, 2.45) is 5.16 Å². The lowest BCUT2D eigenvalue weighted by atomic mass is 10.2. The van der Waals surface area contributed by atoms with Gasteiger partial charge in [-0.1, -0.05) is 35.5 Å². The summed E-state index contributed by atoms with van der Waals surface area (Å²) in [5.41, 5.74) is 1.30. The number of nitrogens with zero attached hydrogens (tertiary/aromatic N) is 3. The molecule has 0 aromatic heterocycles. The highest BCUT2D eigenvalue weighted by molar-refractivity contribution is 6.25. The fraction of sp³-hybridized carbons (Fsp3) is 0.529. The molecule has 0 radical (unpaired) electrons. The van der Waals surface area contributed by atoms with E-state index in [9.17, 15) is 4.79 Å². The summed E-state index contributed by atoms with van der Waals surface area (Å²) in [5, 5.41) is 13.7. The quantitative estimate of drug-likeness (QED) is 0.280. The zero-order valence-corrected chi connectivity index (χ0v) is 14.1. The molecule has 0 aliphatic carbocycles. The van der Waals surface area contributed by atoms with Crippen molar-refractivity contribution in [3.8, 4) is 0 Å². The number of hydrogen-bond donors (Lipinski definition) is 2. The van der Waals surface area contributed by atoms with Crippen LogP contribution >= 0.6 is 0 Å². The zero-order chi connectivity index (χ0) is 16.9. The fourth-order valence-electron chi connectivity index (χ4n) is 2.33. The molecule has 2 N–H and O–H groups in total. The summed E-state index contributed by atoms with van der Waals surface area (Å²) in [6.07, 6.45) is 2.85. The minimum atomic E-state index is -0.366. The van der Waals surface area contributed by atoms with Crippen LogP contribution in [0.5, 0.6) is 0 Å². The van der Waals surface area contributed by atoms with Gasteiger partial charge in [0.25, 0.3) is 5.91 Å². The zero-order valence-electron chi connectivity index (χ0n) is 14.1. The Labute approximate surface area is 138 Å². The molecule has 0 saturated carbocycles. The molecule has 0 atom stereocenters. The average Bonchev–Trinajstić information content (AvgIpc) is 2.52. The van der Waals surface area contributed by atoms with E-state index in [2.05, 4.69) is 58.6 Å². The first kappa shape index (κ1) is 19.1. The Balaban J connectivity index is 2.39. The summed E-state index contributed by atoms with van der Waals surface area (Å²) < 4.78 is 0. The van der Waals surface area contributed by atoms with Gasteiger partial charge in [-0.3, -0.25) is 9.69 Å². The smallest absolute Gasteiger partial charge is 0.265 e. The molecule has 0 bridgehead atoms. The number of carbonyl (C=O) groups excluding carboxylic acids is 1. The maximum atomic E-state index is 11.2. The van der Waals surface area contributed by atoms with Gasteiger partial charge in [-0.15, -0.1) is 0 Å². The third-order valence-electron chi connectivity index (χ3n) is 3.45. The molecule has 1 aromatic rings. The van der Waals surface area contributed by atoms with E-state index in [1.807, 2.05) is 6.07 Å². The predicted octanol–water partition coefficient (Wildman–Crippen LogP) is 1.41. The standard InChI is InChI=1S/C17H28N4O2/c1-20(2)11-7-13-21(15-16-8-4-3-5-9-16)12-6-10-18-17(22)14-19-23/h3-5,8-9,14,23H,6-7,10-13,15H2,1-2H3,(H,18,22)/b19-14-. The van der Waals surface area contributed by atoms with Crippen LogP contribution in [0.1, 0.15) is 18.4 Å². The molecule has 1 amide bonds. The highest BCUT2D eigenvalue weighted by Crippen LogP contribution is 2.06. The fourth-order valence-corrected chi connectivity index (χ4v) is 2.33. The van der Waals surface area contributed by atoms with Crippen LogP contribution in [0.15, 0.2) is 35.5 Å². The molecule has 1 aromatic carbocycles. The topological polar surface area (TPSA) is 68.2 Å². The second-order valence-electron chi connectivity index (χ2n) is 5.81. The van der Waals surface area contributed by atoms with E-state index < -0.39 is 0 Å². The Kier molecular flexibility index (Phi) is 9.66. The minimum Gasteiger partial charge on any atom is -0.411 e. The van der Waals surface area contributed by atoms with E-state index in [1.165, 1.54) is 5.56 Å². The molecule has 6 heteroatoms. The van der Waals surface area contributed by atoms with Crippen LogP contribution in [0.25, 0.3) is 0 Å². The Hall–Kier alpha value is -1.92. The summed E-state index contributed by atoms with van der Waals surface area (Å²) >= 11 is 0. The third-order valence-corrected chi connectivity index (χ3v) is 3.45. The highest BCUT2D eigenvalue weighted by Gasteiger charge is 2.06. The van der Waals surface area contributed by atoms with Crippen LogP contribution in [-0.4, -0.2) is 67.4 Å². The van der Waals surface area contributed by atoms with Gasteiger partial charge in [-0.2, -0.15) is 0 Å². The van der Waals surface area contributed by atoms with E-state index in [0.717, 1.165) is 45.2 Å². The number of oxime groups is 1. The lowest BCUT2D eigenvalue weighted by molar-refractivity contribution is -0.114. The van der Waals surface area contributed by atoms with Crippen LogP contribution in [0, 0.1) is 0 Å². The van der Waals surface area contributed by atoms with Crippen molar-refractivity contribution in [2.75, 3.05) is 40.3 Å². The number of benzene rings is 1. The van der Waals surface area contributed by atoms with Crippen molar-refractivity contribution < 1.29 is 10.0 Å². The normalized spacial score (nSPS) is 11.5. The molecular formula is C17H28N4O2. The summed E-state index contributed by atoms with van der Waals surface area (Å²) in [7, 11) is 4.17. The van der Waals surface area contributed by atoms with E-state index in [4.69, 9.17) is 5.21 Å². The molecule has 0 spiro atoms. The summed E-state index contributed by atoms with van der Waals surface area (Å²) in [4.78, 5) is 15.8. The van der Waals surface area contributed by atoms with Crippen LogP contribution in [-0.2, 0) is 11.3 Å². The van der Waals surface area contributed by atoms with Crippen LogP contribution < -0.4 is 5.32 Å². The number of nitrogens with one attached hydrogen (secondary N) is 1. The van der Waals surface area contributed by atoms with Gasteiger partial charge in [0.1, 0.15) is 6.21 Å². The number of carbonyl (C=O) groups is 1. The van der Waals surface area contributed by atoms with Crippen LogP contribution in [0.4, 0.5) is 0 Å². The maximum Gasteiger partial charge on any atom is 0.265 e. The van der Waals surface area contributed by atoms with E-state index in [-0.39, 0.29) is 5.91 Å². The monoisotopic (exact) mass is 320 g/mol. The SMILES string of the molecule is CN(C)CCCN(CCCNC(=O)/C=N\O)Cc1ccccc1. The average molecular weight is 320 g/mol. The first-order valence-electron chi connectivity index (χ1n) is 7.98. The largest absolute Gasteiger partial charge is 0.411 e. The second-order valence-corrected chi connectivity index (χ2v) is 5.81. The van der Waals surface area contributed by atoms with Gasteiger partial charge in [0, 0.05) is 19.6 Å². The third kappa shape index (κ3) is 9.65.